The second-order valence-corrected chi connectivity index (χ2v) is 7.92. The number of guanidine groups is 1. The normalized spacial score (nSPS) is 12.9. The molecule has 0 unspecified atom stereocenters. The third-order valence-corrected chi connectivity index (χ3v) is 5.25. The van der Waals surface area contributed by atoms with Crippen LogP contribution in [0.2, 0.25) is 0 Å². The van der Waals surface area contributed by atoms with Crippen LogP contribution < -0.4 is 15.8 Å². The van der Waals surface area contributed by atoms with Crippen LogP contribution in [-0.2, 0) is 29.2 Å². The summed E-state index contributed by atoms with van der Waals surface area (Å²) in [5, 5.41) is 12.4. The van der Waals surface area contributed by atoms with Crippen molar-refractivity contribution in [3.63, 3.8) is 0 Å². The van der Waals surface area contributed by atoms with E-state index in [-0.39, 0.29) is 4.90 Å². The number of hydrogen-bond donors (Lipinski definition) is 3. The van der Waals surface area contributed by atoms with Gasteiger partial charge in [-0.25, -0.2) is 18.5 Å². The van der Waals surface area contributed by atoms with Crippen LogP contribution in [0.3, 0.4) is 0 Å². The van der Waals surface area contributed by atoms with Crippen molar-refractivity contribution in [1.82, 2.24) is 15.6 Å². The molecule has 4 N–H and O–H groups in total. The fraction of sp³-hybridized carbons (Fsp3) is 0.333. The van der Waals surface area contributed by atoms with Crippen LogP contribution in [0.15, 0.2) is 39.5 Å². The number of rotatable bonds is 6. The van der Waals surface area contributed by atoms with Crippen molar-refractivity contribution in [2.24, 2.45) is 10.1 Å². The lowest BCUT2D eigenvalue weighted by molar-refractivity contribution is -0.140. The van der Waals surface area contributed by atoms with Gasteiger partial charge in [-0.05, 0) is 17.7 Å². The Balaban J connectivity index is 1.81. The van der Waals surface area contributed by atoms with Gasteiger partial charge in [-0.2, -0.15) is 13.2 Å². The number of nitrogens with zero attached hydrogens (tertiary/aromatic N) is 2. The first-order valence-electron chi connectivity index (χ1n) is 7.67. The molecule has 0 aliphatic heterocycles. The van der Waals surface area contributed by atoms with E-state index in [0.717, 1.165) is 22.3 Å². The molecule has 0 aliphatic rings. The lowest BCUT2D eigenvalue weighted by Gasteiger charge is -2.11. The molecule has 0 fully saturated rings. The van der Waals surface area contributed by atoms with Crippen molar-refractivity contribution in [3.8, 4) is 0 Å². The maximum Gasteiger partial charge on any atom is 0.434 e. The van der Waals surface area contributed by atoms with E-state index >= 15 is 0 Å². The van der Waals surface area contributed by atoms with Gasteiger partial charge in [-0.1, -0.05) is 12.1 Å². The number of halogens is 3. The third kappa shape index (κ3) is 6.48. The Kier molecular flexibility index (Phi) is 6.78. The zero-order chi connectivity index (χ0) is 20.1. The number of sulfonamides is 1. The molecule has 0 atom stereocenters. The number of aliphatic imine (C=N–C) groups is 1. The fourth-order valence-corrected chi connectivity index (χ4v) is 3.37. The average Bonchev–Trinajstić information content (AvgIpc) is 3.07. The summed E-state index contributed by atoms with van der Waals surface area (Å²) in [5.41, 5.74) is -0.0759. The first-order chi connectivity index (χ1) is 12.6. The van der Waals surface area contributed by atoms with Crippen LogP contribution in [0.1, 0.15) is 16.3 Å². The van der Waals surface area contributed by atoms with E-state index < -0.39 is 21.9 Å². The Morgan fingerprint density at radius 1 is 1.26 bits per heavy atom. The summed E-state index contributed by atoms with van der Waals surface area (Å²) in [6, 6.07) is 6.05. The number of thiazole rings is 1. The summed E-state index contributed by atoms with van der Waals surface area (Å²) in [7, 11) is -2.17. The van der Waals surface area contributed by atoms with Crippen LogP contribution in [0.25, 0.3) is 0 Å². The molecule has 0 saturated carbocycles. The van der Waals surface area contributed by atoms with Crippen molar-refractivity contribution < 1.29 is 21.6 Å². The number of nitrogens with one attached hydrogen (secondary N) is 2. The molecule has 2 rings (SSSR count). The van der Waals surface area contributed by atoms with Crippen LogP contribution in [0.4, 0.5) is 13.2 Å². The van der Waals surface area contributed by atoms with Crippen LogP contribution >= 0.6 is 11.3 Å². The molecule has 0 radical (unpaired) electrons. The van der Waals surface area contributed by atoms with Gasteiger partial charge in [0.05, 0.1) is 9.90 Å². The van der Waals surface area contributed by atoms with Crippen molar-refractivity contribution >= 4 is 27.3 Å². The highest BCUT2D eigenvalue weighted by molar-refractivity contribution is 7.89. The quantitative estimate of drug-likeness (QED) is 0.486. The molecule has 7 nitrogen and oxygen atoms in total. The number of benzene rings is 1. The summed E-state index contributed by atoms with van der Waals surface area (Å²) in [6.45, 7) is 0.731. The molecular weight excluding hydrogens is 403 g/mol. The lowest BCUT2D eigenvalue weighted by atomic mass is 10.2. The predicted octanol–water partition coefficient (Wildman–Crippen LogP) is 1.72. The van der Waals surface area contributed by atoms with Crippen molar-refractivity contribution in [1.29, 1.82) is 0 Å². The van der Waals surface area contributed by atoms with Gasteiger partial charge in [0.25, 0.3) is 0 Å². The van der Waals surface area contributed by atoms with Gasteiger partial charge >= 0.3 is 6.18 Å². The smallest absolute Gasteiger partial charge is 0.356 e. The Morgan fingerprint density at radius 3 is 2.44 bits per heavy atom. The van der Waals surface area contributed by atoms with E-state index in [9.17, 15) is 21.6 Å². The topological polar surface area (TPSA) is 109 Å². The zero-order valence-corrected chi connectivity index (χ0v) is 15.9. The van der Waals surface area contributed by atoms with E-state index in [1.807, 2.05) is 0 Å². The second kappa shape index (κ2) is 8.67. The number of primary sulfonamides is 1. The number of alkyl halides is 3. The van der Waals surface area contributed by atoms with Crippen LogP contribution in [-0.4, -0.2) is 33.0 Å². The number of aromatic nitrogens is 1. The van der Waals surface area contributed by atoms with Gasteiger partial charge in [0.15, 0.2) is 11.7 Å². The SMILES string of the molecule is CN=C(NCCc1nc(C(F)(F)F)cs1)NCc1ccc(S(N)(=O)=O)cc1. The molecule has 0 aliphatic carbocycles. The molecular formula is C15H18F3N5O2S2. The van der Waals surface area contributed by atoms with Crippen LogP contribution in [0, 0.1) is 0 Å². The maximum atomic E-state index is 12.5. The monoisotopic (exact) mass is 421 g/mol. The lowest BCUT2D eigenvalue weighted by Crippen LogP contribution is -2.37. The Morgan fingerprint density at radius 2 is 1.93 bits per heavy atom. The van der Waals surface area contributed by atoms with Crippen molar-refractivity contribution in [2.45, 2.75) is 24.0 Å². The van der Waals surface area contributed by atoms with Crippen molar-refractivity contribution in [3.05, 3.63) is 45.9 Å². The fourth-order valence-electron chi connectivity index (χ4n) is 2.05. The molecule has 0 saturated heterocycles. The third-order valence-electron chi connectivity index (χ3n) is 3.41. The first-order valence-corrected chi connectivity index (χ1v) is 10.1. The van der Waals surface area contributed by atoms with Gasteiger partial charge in [0, 0.05) is 31.9 Å². The Hall–Kier alpha value is -2.18. The molecule has 1 heterocycles. The largest absolute Gasteiger partial charge is 0.434 e. The standard InChI is InChI=1S/C15H18F3N5O2S2/c1-20-14(21-7-6-13-23-12(9-26-13)15(16,17)18)22-8-10-2-4-11(5-3-10)27(19,24)25/h2-5,9H,6-8H2,1H3,(H2,19,24,25)(H2,20,21,22). The molecule has 0 bridgehead atoms. The van der Waals surface area contributed by atoms with Gasteiger partial charge in [0.2, 0.25) is 10.0 Å². The minimum atomic E-state index is -4.43. The summed E-state index contributed by atoms with van der Waals surface area (Å²) >= 11 is 0.958. The van der Waals surface area contributed by atoms with Gasteiger partial charge in [-0.15, -0.1) is 11.3 Å². The van der Waals surface area contributed by atoms with E-state index in [1.165, 1.54) is 12.1 Å². The number of hydrogen-bond acceptors (Lipinski definition) is 5. The minimum absolute atomic E-state index is 0.0235. The minimum Gasteiger partial charge on any atom is -0.356 e. The highest BCUT2D eigenvalue weighted by Crippen LogP contribution is 2.29. The first kappa shape index (κ1) is 21.1. The summed E-state index contributed by atoms with van der Waals surface area (Å²) < 4.78 is 60.0. The molecule has 27 heavy (non-hydrogen) atoms. The van der Waals surface area contributed by atoms with Crippen LogP contribution in [0.5, 0.6) is 0 Å². The molecule has 12 heteroatoms. The average molecular weight is 421 g/mol. The van der Waals surface area contributed by atoms with Gasteiger partial charge in [0.1, 0.15) is 0 Å². The second-order valence-electron chi connectivity index (χ2n) is 5.42. The molecule has 0 spiro atoms. The van der Waals surface area contributed by atoms with Gasteiger partial charge in [-0.3, -0.25) is 4.99 Å². The number of nitrogens with two attached hydrogens (primary N) is 1. The van der Waals surface area contributed by atoms with E-state index in [2.05, 4.69) is 20.6 Å². The van der Waals surface area contributed by atoms with E-state index in [0.29, 0.717) is 30.5 Å². The summed E-state index contributed by atoms with van der Waals surface area (Å²) in [5.74, 6) is 0.457. The molecule has 2 aromatic rings. The van der Waals surface area contributed by atoms with E-state index in [4.69, 9.17) is 5.14 Å². The van der Waals surface area contributed by atoms with Gasteiger partial charge < -0.3 is 10.6 Å². The molecule has 1 aromatic carbocycles. The molecule has 148 valence electrons. The Labute approximate surface area is 158 Å². The zero-order valence-electron chi connectivity index (χ0n) is 14.2. The maximum absolute atomic E-state index is 12.5. The predicted molar refractivity (Wildman–Crippen MR) is 96.8 cm³/mol. The molecule has 0 amide bonds. The van der Waals surface area contributed by atoms with Crippen molar-refractivity contribution in [2.75, 3.05) is 13.6 Å². The van der Waals surface area contributed by atoms with E-state index in [1.54, 1.807) is 19.2 Å². The highest BCUT2D eigenvalue weighted by atomic mass is 32.2. The Bertz CT molecular complexity index is 893. The summed E-state index contributed by atoms with van der Waals surface area (Å²) in [4.78, 5) is 7.60. The highest BCUT2D eigenvalue weighted by Gasteiger charge is 2.33. The molecule has 1 aromatic heterocycles. The summed E-state index contributed by atoms with van der Waals surface area (Å²) in [6.07, 6.45) is -4.11.